The van der Waals surface area contributed by atoms with Crippen LogP contribution in [0.25, 0.3) is 39.5 Å². The van der Waals surface area contributed by atoms with Crippen molar-refractivity contribution in [1.29, 1.82) is 0 Å². The van der Waals surface area contributed by atoms with Gasteiger partial charge in [-0.15, -0.1) is 0 Å². The minimum Gasteiger partial charge on any atom is -0.0795 e. The van der Waals surface area contributed by atoms with Gasteiger partial charge in [-0.2, -0.15) is 0 Å². The molecule has 0 atom stereocenters. The highest BCUT2D eigenvalue weighted by molar-refractivity contribution is 6.00. The van der Waals surface area contributed by atoms with Gasteiger partial charge in [-0.3, -0.25) is 0 Å². The first kappa shape index (κ1) is 19.6. The fourth-order valence-electron chi connectivity index (χ4n) is 4.71. The second-order valence-electron chi connectivity index (χ2n) is 8.53. The minimum atomic E-state index is 1.00. The first-order valence-electron chi connectivity index (χ1n) is 11.3. The van der Waals surface area contributed by atoms with Crippen LogP contribution in [0.15, 0.2) is 91.0 Å². The molecule has 1 aliphatic rings. The zero-order chi connectivity index (χ0) is 21.2. The minimum absolute atomic E-state index is 1.00. The van der Waals surface area contributed by atoms with Crippen LogP contribution in [0.1, 0.15) is 35.6 Å². The van der Waals surface area contributed by atoms with Crippen LogP contribution in [0, 0.1) is 6.92 Å². The summed E-state index contributed by atoms with van der Waals surface area (Å²) in [5, 5.41) is 0. The van der Waals surface area contributed by atoms with E-state index < -0.39 is 0 Å². The largest absolute Gasteiger partial charge is 0.0795 e. The van der Waals surface area contributed by atoms with Gasteiger partial charge in [-0.1, -0.05) is 110 Å². The summed E-state index contributed by atoms with van der Waals surface area (Å²) in [5.41, 5.74) is 13.4. The molecule has 0 fully saturated rings. The molecule has 31 heavy (non-hydrogen) atoms. The van der Waals surface area contributed by atoms with Crippen molar-refractivity contribution in [1.82, 2.24) is 0 Å². The van der Waals surface area contributed by atoms with Crippen LogP contribution in [0.4, 0.5) is 0 Å². The molecule has 0 bridgehead atoms. The number of aryl methyl sites for hydroxylation is 2. The molecule has 4 aromatic rings. The standard InChI is InChI=1S/C31H28/c1-3-8-23-15-19-26(20-16-23)30-28-12-7-11-27(28)21-29(24-17-13-22(2)14-18-24)31(30)25-9-5-4-6-10-25/h4-7,9-10,12-21H,3,8,11H2,1-2H3. The average molecular weight is 401 g/mol. The van der Waals surface area contributed by atoms with Gasteiger partial charge in [0.1, 0.15) is 0 Å². The predicted octanol–water partition coefficient (Wildman–Crippen LogP) is 8.52. The van der Waals surface area contributed by atoms with E-state index in [9.17, 15) is 0 Å². The smallest absolute Gasteiger partial charge is 0.00206 e. The number of fused-ring (bicyclic) bond motifs is 1. The Kier molecular flexibility index (Phi) is 5.30. The molecule has 4 aromatic carbocycles. The molecule has 0 heteroatoms. The third-order valence-electron chi connectivity index (χ3n) is 6.28. The lowest BCUT2D eigenvalue weighted by Crippen LogP contribution is -1.97. The quantitative estimate of drug-likeness (QED) is 0.315. The van der Waals surface area contributed by atoms with Crippen molar-refractivity contribution in [2.75, 3.05) is 0 Å². The normalized spacial score (nSPS) is 12.2. The monoisotopic (exact) mass is 400 g/mol. The fourth-order valence-corrected chi connectivity index (χ4v) is 4.71. The Balaban J connectivity index is 1.81. The highest BCUT2D eigenvalue weighted by atomic mass is 14.2. The summed E-state index contributed by atoms with van der Waals surface area (Å²) in [6.45, 7) is 4.39. The molecular formula is C31H28. The maximum absolute atomic E-state index is 2.41. The van der Waals surface area contributed by atoms with E-state index in [2.05, 4.69) is 111 Å². The molecule has 0 unspecified atom stereocenters. The van der Waals surface area contributed by atoms with Gasteiger partial charge in [0.2, 0.25) is 0 Å². The van der Waals surface area contributed by atoms with Gasteiger partial charge in [0.15, 0.2) is 0 Å². The fraction of sp³-hybridized carbons (Fsp3) is 0.161. The van der Waals surface area contributed by atoms with Crippen molar-refractivity contribution < 1.29 is 0 Å². The van der Waals surface area contributed by atoms with Crippen molar-refractivity contribution in [2.45, 2.75) is 33.1 Å². The predicted molar refractivity (Wildman–Crippen MR) is 134 cm³/mol. The van der Waals surface area contributed by atoms with E-state index in [1.54, 1.807) is 0 Å². The van der Waals surface area contributed by atoms with Crippen molar-refractivity contribution >= 4 is 6.08 Å². The molecule has 0 N–H and O–H groups in total. The SMILES string of the molecule is CCCc1ccc(-c2c3c(cc(-c4ccc(C)cc4)c2-c2ccccc2)CC=C3)cc1. The Hall–Kier alpha value is -3.38. The molecule has 0 nitrogen and oxygen atoms in total. The molecule has 5 rings (SSSR count). The number of hydrogen-bond donors (Lipinski definition) is 0. The van der Waals surface area contributed by atoms with E-state index in [-0.39, 0.29) is 0 Å². The van der Waals surface area contributed by atoms with Crippen LogP contribution in [0.3, 0.4) is 0 Å². The molecule has 0 heterocycles. The molecule has 1 aliphatic carbocycles. The van der Waals surface area contributed by atoms with Gasteiger partial charge in [0, 0.05) is 0 Å². The summed E-state index contributed by atoms with van der Waals surface area (Å²) in [4.78, 5) is 0. The van der Waals surface area contributed by atoms with Gasteiger partial charge >= 0.3 is 0 Å². The summed E-state index contributed by atoms with van der Waals surface area (Å²) >= 11 is 0. The first-order chi connectivity index (χ1) is 15.2. The van der Waals surface area contributed by atoms with Crippen LogP contribution in [0.5, 0.6) is 0 Å². The van der Waals surface area contributed by atoms with Crippen molar-refractivity contribution in [3.8, 4) is 33.4 Å². The molecule has 0 aromatic heterocycles. The number of benzene rings is 4. The third kappa shape index (κ3) is 3.75. The third-order valence-corrected chi connectivity index (χ3v) is 6.28. The van der Waals surface area contributed by atoms with Crippen molar-refractivity contribution in [3.05, 3.63) is 113 Å². The maximum atomic E-state index is 2.41. The van der Waals surface area contributed by atoms with Gasteiger partial charge < -0.3 is 0 Å². The lowest BCUT2D eigenvalue weighted by molar-refractivity contribution is 0.922. The molecular weight excluding hydrogens is 372 g/mol. The lowest BCUT2D eigenvalue weighted by Gasteiger charge is -2.21. The maximum Gasteiger partial charge on any atom is -0.00206 e. The van der Waals surface area contributed by atoms with Crippen LogP contribution < -0.4 is 0 Å². The van der Waals surface area contributed by atoms with Crippen LogP contribution in [-0.2, 0) is 12.8 Å². The molecule has 0 amide bonds. The molecule has 0 spiro atoms. The molecule has 152 valence electrons. The van der Waals surface area contributed by atoms with E-state index in [1.807, 2.05) is 0 Å². The first-order valence-corrected chi connectivity index (χ1v) is 11.3. The van der Waals surface area contributed by atoms with Gasteiger partial charge in [0.05, 0.1) is 0 Å². The summed E-state index contributed by atoms with van der Waals surface area (Å²) in [6.07, 6.45) is 7.93. The van der Waals surface area contributed by atoms with Crippen molar-refractivity contribution in [3.63, 3.8) is 0 Å². The highest BCUT2D eigenvalue weighted by Crippen LogP contribution is 2.45. The Morgan fingerprint density at radius 3 is 2.10 bits per heavy atom. The van der Waals surface area contributed by atoms with Gasteiger partial charge in [-0.25, -0.2) is 0 Å². The van der Waals surface area contributed by atoms with Crippen molar-refractivity contribution in [2.24, 2.45) is 0 Å². The number of allylic oxidation sites excluding steroid dienone is 1. The Morgan fingerprint density at radius 2 is 1.39 bits per heavy atom. The van der Waals surface area contributed by atoms with E-state index in [0.29, 0.717) is 0 Å². The summed E-state index contributed by atoms with van der Waals surface area (Å²) in [7, 11) is 0. The number of rotatable bonds is 5. The van der Waals surface area contributed by atoms with Crippen LogP contribution in [-0.4, -0.2) is 0 Å². The molecule has 0 aliphatic heterocycles. The topological polar surface area (TPSA) is 0 Å². The lowest BCUT2D eigenvalue weighted by atomic mass is 9.83. The Bertz CT molecular complexity index is 1220. The second-order valence-corrected chi connectivity index (χ2v) is 8.53. The zero-order valence-electron chi connectivity index (χ0n) is 18.4. The van der Waals surface area contributed by atoms with E-state index in [0.717, 1.165) is 12.8 Å². The summed E-state index contributed by atoms with van der Waals surface area (Å²) in [5.74, 6) is 0. The summed E-state index contributed by atoms with van der Waals surface area (Å²) < 4.78 is 0. The summed E-state index contributed by atoms with van der Waals surface area (Å²) in [6, 6.07) is 31.5. The Morgan fingerprint density at radius 1 is 0.710 bits per heavy atom. The molecule has 0 saturated carbocycles. The van der Waals surface area contributed by atoms with E-state index in [4.69, 9.17) is 0 Å². The van der Waals surface area contributed by atoms with E-state index in [1.165, 1.54) is 62.1 Å². The van der Waals surface area contributed by atoms with Gasteiger partial charge in [0.25, 0.3) is 0 Å². The van der Waals surface area contributed by atoms with Gasteiger partial charge in [-0.05, 0) is 75.9 Å². The van der Waals surface area contributed by atoms with E-state index >= 15 is 0 Å². The average Bonchev–Trinajstić information content (AvgIpc) is 3.28. The second kappa shape index (κ2) is 8.40. The Labute approximate surface area is 185 Å². The zero-order valence-corrected chi connectivity index (χ0v) is 18.4. The molecule has 0 radical (unpaired) electrons. The van der Waals surface area contributed by atoms with Crippen LogP contribution >= 0.6 is 0 Å². The van der Waals surface area contributed by atoms with Crippen LogP contribution in [0.2, 0.25) is 0 Å². The highest BCUT2D eigenvalue weighted by Gasteiger charge is 2.21. The number of hydrogen-bond acceptors (Lipinski definition) is 0. The molecule has 0 saturated heterocycles.